The molecule has 1 fully saturated rings. The zero-order valence-corrected chi connectivity index (χ0v) is 10.6. The molecule has 0 aromatic heterocycles. The fourth-order valence-electron chi connectivity index (χ4n) is 1.63. The van der Waals surface area contributed by atoms with E-state index in [9.17, 15) is 10.1 Å². The first-order chi connectivity index (χ1) is 7.66. The number of halogens is 1. The summed E-state index contributed by atoms with van der Waals surface area (Å²) in [5, 5.41) is 13.9. The summed E-state index contributed by atoms with van der Waals surface area (Å²) in [5.41, 5.74) is 1.05. The summed E-state index contributed by atoms with van der Waals surface area (Å²) in [6.07, 6.45) is 0.980. The molecule has 1 heterocycles. The molecule has 1 aromatic carbocycles. The van der Waals surface area contributed by atoms with Gasteiger partial charge in [0.2, 0.25) is 0 Å². The second-order valence-electron chi connectivity index (χ2n) is 3.63. The van der Waals surface area contributed by atoms with Gasteiger partial charge in [0.1, 0.15) is 0 Å². The van der Waals surface area contributed by atoms with Crippen molar-refractivity contribution in [2.75, 3.05) is 18.5 Å². The van der Waals surface area contributed by atoms with E-state index in [1.54, 1.807) is 12.1 Å². The first-order valence-electron chi connectivity index (χ1n) is 4.95. The number of hydrogen-bond acceptors (Lipinski definition) is 4. The topological polar surface area (TPSA) is 64.4 Å². The maximum absolute atomic E-state index is 10.6. The average Bonchev–Trinajstić information content (AvgIpc) is 2.70. The lowest BCUT2D eigenvalue weighted by atomic mass is 10.2. The molecule has 1 atom stereocenters. The predicted molar refractivity (Wildman–Crippen MR) is 68.7 cm³/mol. The van der Waals surface area contributed by atoms with Gasteiger partial charge in [-0.15, -0.1) is 0 Å². The quantitative estimate of drug-likeness (QED) is 0.524. The maximum Gasteiger partial charge on any atom is 0.282 e. The number of nitro groups is 1. The second-order valence-corrected chi connectivity index (χ2v) is 4.79. The van der Waals surface area contributed by atoms with Crippen LogP contribution in [0.3, 0.4) is 0 Å². The SMILES string of the molecule is O=[N+]([O-])c1ccc(NC2CCOC2)cc1I. The minimum atomic E-state index is -0.371. The summed E-state index contributed by atoms with van der Waals surface area (Å²) in [6.45, 7) is 1.48. The maximum atomic E-state index is 10.6. The molecule has 1 N–H and O–H groups in total. The van der Waals surface area contributed by atoms with Crippen molar-refractivity contribution >= 4 is 34.0 Å². The van der Waals surface area contributed by atoms with Gasteiger partial charge in [-0.25, -0.2) is 0 Å². The highest BCUT2D eigenvalue weighted by Crippen LogP contribution is 2.25. The summed E-state index contributed by atoms with van der Waals surface area (Å²) < 4.78 is 5.89. The van der Waals surface area contributed by atoms with E-state index >= 15 is 0 Å². The van der Waals surface area contributed by atoms with Gasteiger partial charge < -0.3 is 10.1 Å². The van der Waals surface area contributed by atoms with Gasteiger partial charge in [0.15, 0.2) is 0 Å². The Morgan fingerprint density at radius 3 is 2.94 bits per heavy atom. The van der Waals surface area contributed by atoms with Gasteiger partial charge in [0, 0.05) is 18.4 Å². The van der Waals surface area contributed by atoms with Crippen LogP contribution < -0.4 is 5.32 Å². The number of hydrogen-bond donors (Lipinski definition) is 1. The van der Waals surface area contributed by atoms with Crippen molar-refractivity contribution in [2.24, 2.45) is 0 Å². The molecule has 1 saturated heterocycles. The van der Waals surface area contributed by atoms with Crippen LogP contribution in [0.4, 0.5) is 11.4 Å². The Kier molecular flexibility index (Phi) is 3.59. The molecule has 16 heavy (non-hydrogen) atoms. The Bertz CT molecular complexity index is 405. The Balaban J connectivity index is 2.11. The second kappa shape index (κ2) is 4.96. The molecule has 1 aromatic rings. The van der Waals surface area contributed by atoms with E-state index in [2.05, 4.69) is 5.32 Å². The van der Waals surface area contributed by atoms with E-state index in [1.165, 1.54) is 6.07 Å². The molecule has 1 unspecified atom stereocenters. The van der Waals surface area contributed by atoms with Crippen LogP contribution in [0, 0.1) is 13.7 Å². The van der Waals surface area contributed by atoms with Gasteiger partial charge in [0.05, 0.1) is 21.1 Å². The smallest absolute Gasteiger partial charge is 0.282 e. The lowest BCUT2D eigenvalue weighted by molar-refractivity contribution is -0.385. The van der Waals surface area contributed by atoms with Crippen LogP contribution in [-0.2, 0) is 4.74 Å². The summed E-state index contributed by atoms with van der Waals surface area (Å²) in [6, 6.07) is 5.37. The normalized spacial score (nSPS) is 19.7. The Hall–Kier alpha value is -0.890. The van der Waals surface area contributed by atoms with E-state index in [-0.39, 0.29) is 10.6 Å². The van der Waals surface area contributed by atoms with E-state index < -0.39 is 0 Å². The van der Waals surface area contributed by atoms with Crippen LogP contribution in [0.2, 0.25) is 0 Å². The minimum Gasteiger partial charge on any atom is -0.380 e. The fraction of sp³-hybridized carbons (Fsp3) is 0.400. The Morgan fingerprint density at radius 1 is 1.56 bits per heavy atom. The largest absolute Gasteiger partial charge is 0.380 e. The molecule has 5 nitrogen and oxygen atoms in total. The highest BCUT2D eigenvalue weighted by Gasteiger charge is 2.17. The van der Waals surface area contributed by atoms with Gasteiger partial charge >= 0.3 is 0 Å². The molecule has 1 aliphatic rings. The van der Waals surface area contributed by atoms with Crippen molar-refractivity contribution in [2.45, 2.75) is 12.5 Å². The summed E-state index contributed by atoms with van der Waals surface area (Å²) in [5.74, 6) is 0. The first-order valence-corrected chi connectivity index (χ1v) is 6.03. The summed E-state index contributed by atoms with van der Waals surface area (Å²) in [4.78, 5) is 10.3. The van der Waals surface area contributed by atoms with Crippen molar-refractivity contribution in [3.63, 3.8) is 0 Å². The molecular weight excluding hydrogens is 323 g/mol. The number of anilines is 1. The third-order valence-electron chi connectivity index (χ3n) is 2.44. The van der Waals surface area contributed by atoms with Crippen LogP contribution in [0.25, 0.3) is 0 Å². The zero-order valence-electron chi connectivity index (χ0n) is 8.48. The summed E-state index contributed by atoms with van der Waals surface area (Å²) >= 11 is 1.97. The monoisotopic (exact) mass is 334 g/mol. The number of nitro benzene ring substituents is 1. The van der Waals surface area contributed by atoms with Crippen LogP contribution in [-0.4, -0.2) is 24.2 Å². The van der Waals surface area contributed by atoms with Crippen LogP contribution in [0.1, 0.15) is 6.42 Å². The molecule has 0 spiro atoms. The molecule has 1 aliphatic heterocycles. The molecule has 6 heteroatoms. The molecule has 86 valence electrons. The minimum absolute atomic E-state index is 0.147. The van der Waals surface area contributed by atoms with E-state index in [1.807, 2.05) is 22.6 Å². The van der Waals surface area contributed by atoms with Gasteiger partial charge in [0.25, 0.3) is 5.69 Å². The molecule has 0 amide bonds. The van der Waals surface area contributed by atoms with Crippen LogP contribution in [0.15, 0.2) is 18.2 Å². The number of nitrogens with one attached hydrogen (secondary N) is 1. The molecule has 0 saturated carbocycles. The third kappa shape index (κ3) is 2.62. The Morgan fingerprint density at radius 2 is 2.38 bits per heavy atom. The first kappa shape index (κ1) is 11.6. The average molecular weight is 334 g/mol. The van der Waals surface area contributed by atoms with E-state index in [0.717, 1.165) is 18.7 Å². The standard InChI is InChI=1S/C10H11IN2O3/c11-9-5-7(1-2-10(9)13(14)15)12-8-3-4-16-6-8/h1-2,5,8,12H,3-4,6H2. The number of nitrogens with zero attached hydrogens (tertiary/aromatic N) is 1. The fourth-order valence-corrected chi connectivity index (χ4v) is 2.34. The number of ether oxygens (including phenoxy) is 1. The number of rotatable bonds is 3. The lowest BCUT2D eigenvalue weighted by Crippen LogP contribution is -2.18. The van der Waals surface area contributed by atoms with Crippen molar-refractivity contribution in [3.8, 4) is 0 Å². The van der Waals surface area contributed by atoms with Gasteiger partial charge in [-0.2, -0.15) is 0 Å². The molecule has 0 bridgehead atoms. The summed E-state index contributed by atoms with van der Waals surface area (Å²) in [7, 11) is 0. The molecule has 0 aliphatic carbocycles. The van der Waals surface area contributed by atoms with Gasteiger partial charge in [-0.05, 0) is 41.1 Å². The molecule has 2 rings (SSSR count). The van der Waals surface area contributed by atoms with E-state index in [0.29, 0.717) is 16.2 Å². The van der Waals surface area contributed by atoms with Crippen LogP contribution in [0.5, 0.6) is 0 Å². The van der Waals surface area contributed by atoms with Gasteiger partial charge in [-0.3, -0.25) is 10.1 Å². The van der Waals surface area contributed by atoms with Crippen molar-refractivity contribution in [1.82, 2.24) is 0 Å². The molecule has 0 radical (unpaired) electrons. The van der Waals surface area contributed by atoms with Crippen molar-refractivity contribution in [1.29, 1.82) is 0 Å². The van der Waals surface area contributed by atoms with Gasteiger partial charge in [-0.1, -0.05) is 0 Å². The van der Waals surface area contributed by atoms with Crippen LogP contribution >= 0.6 is 22.6 Å². The van der Waals surface area contributed by atoms with Crippen molar-refractivity contribution < 1.29 is 9.66 Å². The highest BCUT2D eigenvalue weighted by atomic mass is 127. The molecular formula is C10H11IN2O3. The third-order valence-corrected chi connectivity index (χ3v) is 3.31. The predicted octanol–water partition coefficient (Wildman–Crippen LogP) is 2.40. The lowest BCUT2D eigenvalue weighted by Gasteiger charge is -2.12. The van der Waals surface area contributed by atoms with Crippen molar-refractivity contribution in [3.05, 3.63) is 31.9 Å². The Labute approximate surface area is 106 Å². The highest BCUT2D eigenvalue weighted by molar-refractivity contribution is 14.1. The zero-order chi connectivity index (χ0) is 11.5. The number of benzene rings is 1. The van der Waals surface area contributed by atoms with E-state index in [4.69, 9.17) is 4.74 Å².